The van der Waals surface area contributed by atoms with E-state index in [1.807, 2.05) is 13.0 Å². The van der Waals surface area contributed by atoms with Crippen molar-refractivity contribution < 1.29 is 4.52 Å². The van der Waals surface area contributed by atoms with Crippen molar-refractivity contribution in [1.29, 1.82) is 0 Å². The van der Waals surface area contributed by atoms with E-state index in [0.29, 0.717) is 0 Å². The summed E-state index contributed by atoms with van der Waals surface area (Å²) in [6.45, 7) is 2.65. The number of halogens is 1. The molecule has 3 nitrogen and oxygen atoms in total. The molecular weight excluding hydrogens is 264 g/mol. The van der Waals surface area contributed by atoms with Crippen molar-refractivity contribution in [2.24, 2.45) is 0 Å². The van der Waals surface area contributed by atoms with Gasteiger partial charge in [-0.15, -0.1) is 11.3 Å². The van der Waals surface area contributed by atoms with Crippen LogP contribution in [0.5, 0.6) is 0 Å². The van der Waals surface area contributed by atoms with Crippen LogP contribution < -0.4 is 5.32 Å². The highest BCUT2D eigenvalue weighted by Gasteiger charge is 2.00. The second kappa shape index (κ2) is 4.14. The molecule has 2 aromatic rings. The molecule has 0 amide bonds. The zero-order valence-electron chi connectivity index (χ0n) is 7.58. The predicted molar refractivity (Wildman–Crippen MR) is 60.6 cm³/mol. The fourth-order valence-corrected chi connectivity index (χ4v) is 2.46. The number of thiophene rings is 1. The average molecular weight is 273 g/mol. The molecule has 0 bridgehead atoms. The van der Waals surface area contributed by atoms with Gasteiger partial charge < -0.3 is 9.84 Å². The highest BCUT2D eigenvalue weighted by Crippen LogP contribution is 2.20. The lowest BCUT2D eigenvalue weighted by atomic mass is 10.4. The zero-order chi connectivity index (χ0) is 9.97. The fraction of sp³-hybridized carbons (Fsp3) is 0.222. The maximum absolute atomic E-state index is 4.94. The normalized spacial score (nSPS) is 10.4. The summed E-state index contributed by atoms with van der Waals surface area (Å²) in [7, 11) is 0. The molecule has 5 heteroatoms. The zero-order valence-corrected chi connectivity index (χ0v) is 9.98. The summed E-state index contributed by atoms with van der Waals surface area (Å²) in [6.07, 6.45) is 0. The van der Waals surface area contributed by atoms with Gasteiger partial charge >= 0.3 is 0 Å². The quantitative estimate of drug-likeness (QED) is 0.931. The molecule has 0 saturated carbocycles. The molecule has 2 rings (SSSR count). The van der Waals surface area contributed by atoms with Crippen LogP contribution in [-0.4, -0.2) is 5.16 Å². The van der Waals surface area contributed by atoms with Crippen molar-refractivity contribution in [3.8, 4) is 0 Å². The molecule has 1 N–H and O–H groups in total. The molecule has 2 aromatic heterocycles. The van der Waals surface area contributed by atoms with Gasteiger partial charge in [-0.05, 0) is 28.9 Å². The molecule has 14 heavy (non-hydrogen) atoms. The molecule has 0 unspecified atom stereocenters. The van der Waals surface area contributed by atoms with Crippen molar-refractivity contribution in [3.05, 3.63) is 32.6 Å². The Hall–Kier alpha value is -0.810. The van der Waals surface area contributed by atoms with Crippen LogP contribution in [0.3, 0.4) is 0 Å². The summed E-state index contributed by atoms with van der Waals surface area (Å²) in [6, 6.07) is 3.97. The molecule has 0 fully saturated rings. The van der Waals surface area contributed by atoms with Crippen LogP contribution in [0.4, 0.5) is 5.82 Å². The van der Waals surface area contributed by atoms with Crippen LogP contribution in [0.15, 0.2) is 26.5 Å². The molecule has 0 aliphatic carbocycles. The van der Waals surface area contributed by atoms with E-state index in [2.05, 4.69) is 37.8 Å². The first-order chi connectivity index (χ1) is 6.74. The smallest absolute Gasteiger partial charge is 0.169 e. The van der Waals surface area contributed by atoms with Gasteiger partial charge in [0.25, 0.3) is 0 Å². The molecular formula is C9H9BrN2OS. The van der Waals surface area contributed by atoms with Gasteiger partial charge in [-0.1, -0.05) is 5.16 Å². The third-order valence-corrected chi connectivity index (χ3v) is 3.39. The van der Waals surface area contributed by atoms with E-state index in [9.17, 15) is 0 Å². The Morgan fingerprint density at radius 1 is 1.57 bits per heavy atom. The molecule has 0 saturated heterocycles. The number of hydrogen-bond donors (Lipinski definition) is 1. The average Bonchev–Trinajstić information content (AvgIpc) is 2.72. The molecule has 2 heterocycles. The Morgan fingerprint density at radius 2 is 2.43 bits per heavy atom. The largest absolute Gasteiger partial charge is 0.362 e. The number of rotatable bonds is 3. The Labute approximate surface area is 94.2 Å². The number of aromatic nitrogens is 1. The van der Waals surface area contributed by atoms with E-state index in [0.717, 1.165) is 22.6 Å². The summed E-state index contributed by atoms with van der Waals surface area (Å²) >= 11 is 5.12. The first-order valence-electron chi connectivity index (χ1n) is 4.14. The number of aryl methyl sites for hydroxylation is 1. The van der Waals surface area contributed by atoms with Crippen LogP contribution in [0.25, 0.3) is 0 Å². The molecule has 0 spiro atoms. The summed E-state index contributed by atoms with van der Waals surface area (Å²) in [5.41, 5.74) is 0. The van der Waals surface area contributed by atoms with E-state index in [4.69, 9.17) is 4.52 Å². The summed E-state index contributed by atoms with van der Waals surface area (Å²) in [4.78, 5) is 1.26. The van der Waals surface area contributed by atoms with Crippen molar-refractivity contribution in [3.63, 3.8) is 0 Å². The lowest BCUT2D eigenvalue weighted by Gasteiger charge is -1.97. The van der Waals surface area contributed by atoms with E-state index in [-0.39, 0.29) is 0 Å². The summed E-state index contributed by atoms with van der Waals surface area (Å²) in [5, 5.41) is 9.08. The summed E-state index contributed by atoms with van der Waals surface area (Å²) in [5.74, 6) is 1.60. The van der Waals surface area contributed by atoms with Gasteiger partial charge in [-0.3, -0.25) is 0 Å². The topological polar surface area (TPSA) is 38.1 Å². The third-order valence-electron chi connectivity index (χ3n) is 1.69. The van der Waals surface area contributed by atoms with E-state index in [1.54, 1.807) is 11.3 Å². The molecule has 0 aromatic carbocycles. The Balaban J connectivity index is 1.94. The van der Waals surface area contributed by atoms with Gasteiger partial charge in [-0.25, -0.2) is 0 Å². The van der Waals surface area contributed by atoms with Crippen LogP contribution in [0.1, 0.15) is 10.6 Å². The first-order valence-corrected chi connectivity index (χ1v) is 5.81. The standard InChI is InChI=1S/C9H9BrN2OS/c1-6-2-9(12-13-6)11-4-8-3-7(10)5-14-8/h2-3,5H,4H2,1H3,(H,11,12). The van der Waals surface area contributed by atoms with Crippen molar-refractivity contribution in [2.75, 3.05) is 5.32 Å². The highest BCUT2D eigenvalue weighted by molar-refractivity contribution is 9.10. The van der Waals surface area contributed by atoms with E-state index in [1.165, 1.54) is 4.88 Å². The second-order valence-corrected chi connectivity index (χ2v) is 4.82. The Bertz CT molecular complexity index is 384. The van der Waals surface area contributed by atoms with Crippen molar-refractivity contribution in [1.82, 2.24) is 5.16 Å². The van der Waals surface area contributed by atoms with Crippen LogP contribution in [0.2, 0.25) is 0 Å². The van der Waals surface area contributed by atoms with Gasteiger partial charge in [0.15, 0.2) is 5.82 Å². The molecule has 74 valence electrons. The molecule has 0 aliphatic rings. The van der Waals surface area contributed by atoms with Gasteiger partial charge in [-0.2, -0.15) is 0 Å². The van der Waals surface area contributed by atoms with Gasteiger partial charge in [0.2, 0.25) is 0 Å². The van der Waals surface area contributed by atoms with E-state index >= 15 is 0 Å². The lowest BCUT2D eigenvalue weighted by Crippen LogP contribution is -1.96. The van der Waals surface area contributed by atoms with Crippen LogP contribution >= 0.6 is 27.3 Å². The van der Waals surface area contributed by atoms with Crippen LogP contribution in [-0.2, 0) is 6.54 Å². The maximum Gasteiger partial charge on any atom is 0.169 e. The Kier molecular flexibility index (Phi) is 2.88. The fourth-order valence-electron chi connectivity index (χ4n) is 1.07. The van der Waals surface area contributed by atoms with Gasteiger partial charge in [0.1, 0.15) is 5.76 Å². The SMILES string of the molecule is Cc1cc(NCc2cc(Br)cs2)no1. The number of anilines is 1. The molecule has 0 atom stereocenters. The van der Waals surface area contributed by atoms with Crippen molar-refractivity contribution >= 4 is 33.1 Å². The molecule has 0 radical (unpaired) electrons. The number of nitrogens with one attached hydrogen (secondary N) is 1. The minimum Gasteiger partial charge on any atom is -0.362 e. The minimum absolute atomic E-state index is 0.780. The monoisotopic (exact) mass is 272 g/mol. The highest BCUT2D eigenvalue weighted by atomic mass is 79.9. The maximum atomic E-state index is 4.94. The van der Waals surface area contributed by atoms with Crippen molar-refractivity contribution in [2.45, 2.75) is 13.5 Å². The second-order valence-electron chi connectivity index (χ2n) is 2.91. The first kappa shape index (κ1) is 9.73. The van der Waals surface area contributed by atoms with E-state index < -0.39 is 0 Å². The predicted octanol–water partition coefficient (Wildman–Crippen LogP) is 3.42. The van der Waals surface area contributed by atoms with Gasteiger partial charge in [0.05, 0.1) is 6.54 Å². The minimum atomic E-state index is 0.780. The number of nitrogens with zero attached hydrogens (tertiary/aromatic N) is 1. The van der Waals surface area contributed by atoms with Gasteiger partial charge in [0, 0.05) is 20.8 Å². The lowest BCUT2D eigenvalue weighted by molar-refractivity contribution is 0.399. The number of hydrogen-bond acceptors (Lipinski definition) is 4. The Morgan fingerprint density at radius 3 is 3.00 bits per heavy atom. The summed E-state index contributed by atoms with van der Waals surface area (Å²) < 4.78 is 6.06. The van der Waals surface area contributed by atoms with Crippen LogP contribution in [0, 0.1) is 6.92 Å². The molecule has 0 aliphatic heterocycles. The third kappa shape index (κ3) is 2.36.